The van der Waals surface area contributed by atoms with E-state index in [0.717, 1.165) is 0 Å². The fourth-order valence-electron chi connectivity index (χ4n) is 2.89. The Morgan fingerprint density at radius 3 is 2.45 bits per heavy atom. The number of nitrogens with zero attached hydrogens (tertiary/aromatic N) is 2. The van der Waals surface area contributed by atoms with Gasteiger partial charge in [0, 0.05) is 0 Å². The van der Waals surface area contributed by atoms with Crippen LogP contribution in [0.4, 0.5) is 5.69 Å². The number of rotatable bonds is 5. The van der Waals surface area contributed by atoms with Crippen molar-refractivity contribution in [3.63, 3.8) is 0 Å². The van der Waals surface area contributed by atoms with E-state index in [9.17, 15) is 4.79 Å². The van der Waals surface area contributed by atoms with Crippen LogP contribution in [0.15, 0.2) is 77.3 Å². The average molecular weight is 406 g/mol. The molecule has 0 fully saturated rings. The number of aromatic nitrogens is 2. The van der Waals surface area contributed by atoms with Crippen LogP contribution in [0.5, 0.6) is 5.75 Å². The number of amides is 1. The van der Waals surface area contributed by atoms with Gasteiger partial charge in [0.25, 0.3) is 11.8 Å². The molecular formula is C22H16ClN3O3. The van der Waals surface area contributed by atoms with Gasteiger partial charge in [-0.05, 0) is 36.4 Å². The molecule has 7 heteroatoms. The van der Waals surface area contributed by atoms with Gasteiger partial charge < -0.3 is 14.6 Å². The zero-order chi connectivity index (χ0) is 20.2. The first-order chi connectivity index (χ1) is 14.2. The maximum atomic E-state index is 12.6. The minimum absolute atomic E-state index is 0.279. The molecule has 1 amide bonds. The first-order valence-corrected chi connectivity index (χ1v) is 9.17. The van der Waals surface area contributed by atoms with Crippen molar-refractivity contribution >= 4 is 23.2 Å². The van der Waals surface area contributed by atoms with Crippen molar-refractivity contribution in [1.82, 2.24) is 10.1 Å². The van der Waals surface area contributed by atoms with Gasteiger partial charge in [0.05, 0.1) is 34.5 Å². The van der Waals surface area contributed by atoms with Crippen LogP contribution in [0.2, 0.25) is 5.02 Å². The Morgan fingerprint density at radius 1 is 0.966 bits per heavy atom. The lowest BCUT2D eigenvalue weighted by molar-refractivity contribution is 0.102. The number of hydrogen-bond acceptors (Lipinski definition) is 5. The van der Waals surface area contributed by atoms with E-state index < -0.39 is 0 Å². The van der Waals surface area contributed by atoms with E-state index >= 15 is 0 Å². The van der Waals surface area contributed by atoms with E-state index in [4.69, 9.17) is 20.9 Å². The Labute approximate surface area is 172 Å². The molecule has 1 aromatic heterocycles. The summed E-state index contributed by atoms with van der Waals surface area (Å²) >= 11 is 6.13. The largest absolute Gasteiger partial charge is 0.496 e. The Bertz CT molecular complexity index is 1170. The molecule has 29 heavy (non-hydrogen) atoms. The molecule has 0 radical (unpaired) electrons. The van der Waals surface area contributed by atoms with Crippen molar-refractivity contribution in [3.05, 3.63) is 83.4 Å². The molecule has 144 valence electrons. The SMILES string of the molecule is COc1ccccc1-c1noc(-c2ccccc2NC(=O)c2ccccc2Cl)n1. The van der Waals surface area contributed by atoms with Gasteiger partial charge in [0.2, 0.25) is 5.82 Å². The number of benzene rings is 3. The summed E-state index contributed by atoms with van der Waals surface area (Å²) in [4.78, 5) is 17.1. The van der Waals surface area contributed by atoms with E-state index in [1.54, 1.807) is 43.5 Å². The first kappa shape index (κ1) is 18.7. The molecular weight excluding hydrogens is 390 g/mol. The van der Waals surface area contributed by atoms with Crippen LogP contribution < -0.4 is 10.1 Å². The van der Waals surface area contributed by atoms with Gasteiger partial charge in [0.1, 0.15) is 5.75 Å². The quantitative estimate of drug-likeness (QED) is 0.486. The molecule has 0 saturated carbocycles. The summed E-state index contributed by atoms with van der Waals surface area (Å²) < 4.78 is 10.8. The Balaban J connectivity index is 1.67. The highest BCUT2D eigenvalue weighted by molar-refractivity contribution is 6.34. The average Bonchev–Trinajstić information content (AvgIpc) is 3.24. The number of ether oxygens (including phenoxy) is 1. The molecule has 4 aromatic rings. The van der Waals surface area contributed by atoms with Gasteiger partial charge in [-0.3, -0.25) is 4.79 Å². The maximum Gasteiger partial charge on any atom is 0.260 e. The lowest BCUT2D eigenvalue weighted by atomic mass is 10.1. The second-order valence-corrected chi connectivity index (χ2v) is 6.51. The predicted octanol–water partition coefficient (Wildman–Crippen LogP) is 5.32. The summed E-state index contributed by atoms with van der Waals surface area (Å²) in [5.41, 5.74) is 2.22. The molecule has 3 aromatic carbocycles. The van der Waals surface area contributed by atoms with Crippen molar-refractivity contribution in [2.45, 2.75) is 0 Å². The molecule has 0 saturated heterocycles. The van der Waals surface area contributed by atoms with E-state index in [1.165, 1.54) is 0 Å². The Morgan fingerprint density at radius 2 is 1.66 bits per heavy atom. The lowest BCUT2D eigenvalue weighted by Gasteiger charge is -2.09. The lowest BCUT2D eigenvalue weighted by Crippen LogP contribution is -2.13. The topological polar surface area (TPSA) is 77.3 Å². The number of anilines is 1. The van der Waals surface area contributed by atoms with E-state index in [0.29, 0.717) is 39.0 Å². The fraction of sp³-hybridized carbons (Fsp3) is 0.0455. The number of halogens is 1. The van der Waals surface area contributed by atoms with Crippen molar-refractivity contribution in [2.75, 3.05) is 12.4 Å². The maximum absolute atomic E-state index is 12.6. The van der Waals surface area contributed by atoms with Gasteiger partial charge in [-0.1, -0.05) is 53.2 Å². The molecule has 0 aliphatic rings. The second-order valence-electron chi connectivity index (χ2n) is 6.10. The number of carbonyl (C=O) groups is 1. The summed E-state index contributed by atoms with van der Waals surface area (Å²) in [6.45, 7) is 0. The van der Waals surface area contributed by atoms with Crippen molar-refractivity contribution < 1.29 is 14.1 Å². The van der Waals surface area contributed by atoms with Crippen LogP contribution in [0.1, 0.15) is 10.4 Å². The zero-order valence-electron chi connectivity index (χ0n) is 15.4. The van der Waals surface area contributed by atoms with Crippen LogP contribution in [0.25, 0.3) is 22.8 Å². The standard InChI is InChI=1S/C22H16ClN3O3/c1-28-19-13-7-4-10-16(19)20-25-22(29-26-20)15-9-3-6-12-18(15)24-21(27)14-8-2-5-11-17(14)23/h2-13H,1H3,(H,24,27). The molecule has 0 spiro atoms. The van der Waals surface area contributed by atoms with Crippen molar-refractivity contribution in [1.29, 1.82) is 0 Å². The number of carbonyl (C=O) groups excluding carboxylic acids is 1. The van der Waals surface area contributed by atoms with Crippen LogP contribution in [-0.2, 0) is 0 Å². The number of nitrogens with one attached hydrogen (secondary N) is 1. The van der Waals surface area contributed by atoms with Gasteiger partial charge in [-0.2, -0.15) is 4.98 Å². The zero-order valence-corrected chi connectivity index (χ0v) is 16.2. The van der Waals surface area contributed by atoms with Crippen LogP contribution >= 0.6 is 11.6 Å². The molecule has 0 unspecified atom stereocenters. The van der Waals surface area contributed by atoms with Crippen molar-refractivity contribution in [3.8, 4) is 28.6 Å². The van der Waals surface area contributed by atoms with Crippen molar-refractivity contribution in [2.24, 2.45) is 0 Å². The predicted molar refractivity (Wildman–Crippen MR) is 111 cm³/mol. The van der Waals surface area contributed by atoms with Crippen LogP contribution in [0, 0.1) is 0 Å². The molecule has 0 aliphatic carbocycles. The minimum atomic E-state index is -0.326. The third-order valence-electron chi connectivity index (χ3n) is 4.30. The summed E-state index contributed by atoms with van der Waals surface area (Å²) in [6.07, 6.45) is 0. The Hall–Kier alpha value is -3.64. The highest BCUT2D eigenvalue weighted by atomic mass is 35.5. The molecule has 1 heterocycles. The minimum Gasteiger partial charge on any atom is -0.496 e. The number of hydrogen-bond donors (Lipinski definition) is 1. The highest BCUT2D eigenvalue weighted by Gasteiger charge is 2.18. The number of methoxy groups -OCH3 is 1. The monoisotopic (exact) mass is 405 g/mol. The van der Waals surface area contributed by atoms with Gasteiger partial charge in [0.15, 0.2) is 0 Å². The van der Waals surface area contributed by atoms with Gasteiger partial charge >= 0.3 is 0 Å². The van der Waals surface area contributed by atoms with Gasteiger partial charge in [-0.15, -0.1) is 0 Å². The third-order valence-corrected chi connectivity index (χ3v) is 4.63. The summed E-state index contributed by atoms with van der Waals surface area (Å²) in [7, 11) is 1.58. The van der Waals surface area contributed by atoms with E-state index in [2.05, 4.69) is 15.5 Å². The smallest absolute Gasteiger partial charge is 0.260 e. The molecule has 0 aliphatic heterocycles. The highest BCUT2D eigenvalue weighted by Crippen LogP contribution is 2.32. The Kier molecular flexibility index (Phi) is 5.27. The molecule has 1 N–H and O–H groups in total. The fourth-order valence-corrected chi connectivity index (χ4v) is 3.11. The molecule has 0 atom stereocenters. The first-order valence-electron chi connectivity index (χ1n) is 8.80. The second kappa shape index (κ2) is 8.16. The van der Waals surface area contributed by atoms with Crippen LogP contribution in [-0.4, -0.2) is 23.2 Å². The normalized spacial score (nSPS) is 10.6. The molecule has 4 rings (SSSR count). The summed E-state index contributed by atoms with van der Waals surface area (Å²) in [6, 6.07) is 21.4. The van der Waals surface area contributed by atoms with E-state index in [1.807, 2.05) is 36.4 Å². The number of para-hydroxylation sites is 2. The molecule has 6 nitrogen and oxygen atoms in total. The van der Waals surface area contributed by atoms with E-state index in [-0.39, 0.29) is 11.8 Å². The van der Waals surface area contributed by atoms with Crippen LogP contribution in [0.3, 0.4) is 0 Å². The summed E-state index contributed by atoms with van der Waals surface area (Å²) in [5, 5.41) is 7.30. The van der Waals surface area contributed by atoms with Gasteiger partial charge in [-0.25, -0.2) is 0 Å². The molecule has 0 bridgehead atoms. The summed E-state index contributed by atoms with van der Waals surface area (Å²) in [5.74, 6) is 0.985. The third kappa shape index (κ3) is 3.83.